The summed E-state index contributed by atoms with van der Waals surface area (Å²) in [6, 6.07) is 16.7. The van der Waals surface area contributed by atoms with Crippen LogP contribution >= 0.6 is 11.8 Å². The summed E-state index contributed by atoms with van der Waals surface area (Å²) >= 11 is 1.99. The molecule has 0 spiro atoms. The summed E-state index contributed by atoms with van der Waals surface area (Å²) in [5.41, 5.74) is 3.27. The Morgan fingerprint density at radius 2 is 1.79 bits per heavy atom. The lowest BCUT2D eigenvalue weighted by Gasteiger charge is -2.39. The van der Waals surface area contributed by atoms with Crippen LogP contribution < -0.4 is 4.74 Å². The zero-order chi connectivity index (χ0) is 24.6. The molecule has 0 amide bonds. The van der Waals surface area contributed by atoms with Gasteiger partial charge in [-0.05, 0) is 48.3 Å². The number of hydrogen-bond donors (Lipinski definition) is 0. The van der Waals surface area contributed by atoms with Gasteiger partial charge in [-0.15, -0.1) is 10.2 Å². The van der Waals surface area contributed by atoms with E-state index in [4.69, 9.17) is 9.16 Å². The maximum absolute atomic E-state index is 6.63. The topological polar surface area (TPSA) is 49.2 Å². The second-order valence-electron chi connectivity index (χ2n) is 10.9. The van der Waals surface area contributed by atoms with Gasteiger partial charge in [-0.25, -0.2) is 0 Å². The highest BCUT2D eigenvalue weighted by atomic mass is 32.2. The Morgan fingerprint density at radius 3 is 2.47 bits per heavy atom. The predicted molar refractivity (Wildman–Crippen MR) is 145 cm³/mol. The molecule has 3 aromatic rings. The Balaban J connectivity index is 1.60. The highest BCUT2D eigenvalue weighted by Gasteiger charge is 2.40. The number of fused-ring (bicyclic) bond motifs is 1. The lowest BCUT2D eigenvalue weighted by atomic mass is 10.0. The van der Waals surface area contributed by atoms with E-state index in [1.54, 1.807) is 7.11 Å². The molecule has 0 aliphatic carbocycles. The third kappa shape index (κ3) is 5.11. The first-order chi connectivity index (χ1) is 16.0. The lowest BCUT2D eigenvalue weighted by Crippen LogP contribution is -2.45. The maximum atomic E-state index is 6.63. The third-order valence-electron chi connectivity index (χ3n) is 7.22. The Bertz CT molecular complexity index is 1140. The molecule has 0 bridgehead atoms. The Labute approximate surface area is 209 Å². The van der Waals surface area contributed by atoms with Crippen LogP contribution in [0.25, 0.3) is 22.5 Å². The molecule has 0 radical (unpaired) electrons. The maximum Gasteiger partial charge on any atom is 0.192 e. The van der Waals surface area contributed by atoms with Crippen molar-refractivity contribution in [3.63, 3.8) is 0 Å². The van der Waals surface area contributed by atoms with Gasteiger partial charge in [-0.2, -0.15) is 11.8 Å². The number of hydrogen-bond acceptors (Lipinski definition) is 5. The molecule has 1 aliphatic heterocycles. The van der Waals surface area contributed by atoms with Crippen LogP contribution in [0.3, 0.4) is 0 Å². The van der Waals surface area contributed by atoms with Crippen LogP contribution in [-0.4, -0.2) is 47.3 Å². The van der Waals surface area contributed by atoms with Gasteiger partial charge in [0, 0.05) is 30.1 Å². The van der Waals surface area contributed by atoms with Crippen molar-refractivity contribution >= 4 is 20.1 Å². The fourth-order valence-corrected chi connectivity index (χ4v) is 6.35. The van der Waals surface area contributed by atoms with E-state index < -0.39 is 8.32 Å². The van der Waals surface area contributed by atoms with E-state index in [0.717, 1.165) is 53.9 Å². The highest BCUT2D eigenvalue weighted by molar-refractivity contribution is 8.00. The minimum absolute atomic E-state index is 0.0185. The molecule has 2 aromatic carbocycles. The molecule has 1 aromatic heterocycles. The fourth-order valence-electron chi connectivity index (χ4n) is 4.00. The first-order valence-corrected chi connectivity index (χ1v) is 15.9. The van der Waals surface area contributed by atoms with Gasteiger partial charge >= 0.3 is 0 Å². The van der Waals surface area contributed by atoms with Gasteiger partial charge in [0.05, 0.1) is 12.7 Å². The van der Waals surface area contributed by atoms with Crippen molar-refractivity contribution < 1.29 is 9.16 Å². The summed E-state index contributed by atoms with van der Waals surface area (Å²) in [7, 11) is -0.0892. The van der Waals surface area contributed by atoms with Crippen molar-refractivity contribution in [2.45, 2.75) is 63.5 Å². The summed E-state index contributed by atoms with van der Waals surface area (Å²) < 4.78 is 14.7. The summed E-state index contributed by atoms with van der Waals surface area (Å²) in [5.74, 6) is 3.72. The van der Waals surface area contributed by atoms with Gasteiger partial charge < -0.3 is 13.7 Å². The van der Waals surface area contributed by atoms with Crippen molar-refractivity contribution in [1.82, 2.24) is 14.8 Å². The average molecular weight is 496 g/mol. The van der Waals surface area contributed by atoms with E-state index in [1.807, 2.05) is 17.8 Å². The predicted octanol–water partition coefficient (Wildman–Crippen LogP) is 6.69. The van der Waals surface area contributed by atoms with Gasteiger partial charge in [0.2, 0.25) is 0 Å². The molecule has 1 unspecified atom stereocenters. The minimum atomic E-state index is -1.81. The van der Waals surface area contributed by atoms with E-state index in [0.29, 0.717) is 0 Å². The molecule has 1 aliphatic rings. The lowest BCUT2D eigenvalue weighted by molar-refractivity contribution is 0.252. The normalized spacial score (nSPS) is 18.9. The van der Waals surface area contributed by atoms with E-state index in [9.17, 15) is 0 Å². The molecule has 7 heteroatoms. The highest BCUT2D eigenvalue weighted by Crippen LogP contribution is 2.41. The standard InChI is InChI=1S/C27H37N3O2SSi/c1-26(2,3)34(6,7)32-19-27(4)18-24-28-29-25(30(24)15-16-33-27)22-14-13-21(17-23(22)31-5)20-11-9-8-10-12-20/h8-14,17H,15-16,18-19H2,1-7H3. The summed E-state index contributed by atoms with van der Waals surface area (Å²) in [6.07, 6.45) is 0.837. The van der Waals surface area contributed by atoms with Gasteiger partial charge in [0.15, 0.2) is 14.1 Å². The van der Waals surface area contributed by atoms with Crippen molar-refractivity contribution in [3.8, 4) is 28.3 Å². The zero-order valence-electron chi connectivity index (χ0n) is 21.5. The summed E-state index contributed by atoms with van der Waals surface area (Å²) in [6.45, 7) is 15.5. The van der Waals surface area contributed by atoms with Crippen LogP contribution in [0.15, 0.2) is 48.5 Å². The molecule has 34 heavy (non-hydrogen) atoms. The molecule has 2 heterocycles. The molecule has 0 saturated carbocycles. The second kappa shape index (κ2) is 9.51. The minimum Gasteiger partial charge on any atom is -0.496 e. The van der Waals surface area contributed by atoms with Gasteiger partial charge in [-0.3, -0.25) is 0 Å². The summed E-state index contributed by atoms with van der Waals surface area (Å²) in [5, 5.41) is 9.47. The number of methoxy groups -OCH3 is 1. The number of rotatable bonds is 6. The zero-order valence-corrected chi connectivity index (χ0v) is 23.3. The molecule has 0 saturated heterocycles. The van der Waals surface area contributed by atoms with Crippen LogP contribution in [0, 0.1) is 0 Å². The number of ether oxygens (including phenoxy) is 1. The van der Waals surface area contributed by atoms with Crippen LogP contribution in [0.5, 0.6) is 5.75 Å². The smallest absolute Gasteiger partial charge is 0.192 e. The molecule has 182 valence electrons. The van der Waals surface area contributed by atoms with Crippen LogP contribution in [0.4, 0.5) is 0 Å². The van der Waals surface area contributed by atoms with E-state index in [-0.39, 0.29) is 9.79 Å². The molecular weight excluding hydrogens is 458 g/mol. The molecule has 0 fully saturated rings. The van der Waals surface area contributed by atoms with Crippen LogP contribution in [-0.2, 0) is 17.4 Å². The third-order valence-corrected chi connectivity index (χ3v) is 13.0. The van der Waals surface area contributed by atoms with Crippen molar-refractivity contribution in [2.75, 3.05) is 19.5 Å². The molecular formula is C27H37N3O2SSi. The number of nitrogens with zero attached hydrogens (tertiary/aromatic N) is 3. The average Bonchev–Trinajstić information content (AvgIpc) is 3.10. The Hall–Kier alpha value is -2.09. The van der Waals surface area contributed by atoms with Gasteiger partial charge in [0.1, 0.15) is 11.6 Å². The molecule has 4 rings (SSSR count). The number of thioether (sulfide) groups is 1. The quantitative estimate of drug-likeness (QED) is 0.357. The van der Waals surface area contributed by atoms with E-state index >= 15 is 0 Å². The van der Waals surface area contributed by atoms with E-state index in [1.165, 1.54) is 5.56 Å². The monoisotopic (exact) mass is 495 g/mol. The van der Waals surface area contributed by atoms with Crippen molar-refractivity contribution in [1.29, 1.82) is 0 Å². The van der Waals surface area contributed by atoms with Crippen molar-refractivity contribution in [3.05, 3.63) is 54.4 Å². The molecule has 0 N–H and O–H groups in total. The van der Waals surface area contributed by atoms with Crippen LogP contribution in [0.2, 0.25) is 18.1 Å². The first-order valence-electron chi connectivity index (χ1n) is 12.0. The summed E-state index contributed by atoms with van der Waals surface area (Å²) in [4.78, 5) is 0. The Morgan fingerprint density at radius 1 is 1.06 bits per heavy atom. The van der Waals surface area contributed by atoms with Gasteiger partial charge in [0.25, 0.3) is 0 Å². The van der Waals surface area contributed by atoms with E-state index in [2.05, 4.69) is 98.0 Å². The largest absolute Gasteiger partial charge is 0.496 e. The second-order valence-corrected chi connectivity index (χ2v) is 17.4. The SMILES string of the molecule is COc1cc(-c2ccccc2)ccc1-c1nnc2n1CCSC(C)(CO[Si](C)(C)C(C)(C)C)C2. The number of aromatic nitrogens is 3. The molecule has 1 atom stereocenters. The number of benzene rings is 2. The first kappa shape index (κ1) is 25.0. The Kier molecular flexibility index (Phi) is 7.00. The fraction of sp³-hybridized carbons (Fsp3) is 0.481. The van der Waals surface area contributed by atoms with Crippen LogP contribution in [0.1, 0.15) is 33.5 Å². The molecule has 5 nitrogen and oxygen atoms in total. The van der Waals surface area contributed by atoms with Crippen molar-refractivity contribution in [2.24, 2.45) is 0 Å². The van der Waals surface area contributed by atoms with Gasteiger partial charge in [-0.1, -0.05) is 57.2 Å².